The highest BCUT2D eigenvalue weighted by Gasteiger charge is 2.30. The topological polar surface area (TPSA) is 122 Å². The lowest BCUT2D eigenvalue weighted by Gasteiger charge is -2.09. The number of carbonyl (C=O) groups excluding carboxylic acids is 1. The Kier molecular flexibility index (Phi) is 4.36. The summed E-state index contributed by atoms with van der Waals surface area (Å²) in [6.07, 6.45) is 2.28. The number of hydrogen-bond donors (Lipinski definition) is 3. The van der Waals surface area contributed by atoms with E-state index in [9.17, 15) is 18.0 Å². The molecule has 0 saturated carbocycles. The van der Waals surface area contributed by atoms with Crippen molar-refractivity contribution in [1.29, 1.82) is 0 Å². The van der Waals surface area contributed by atoms with E-state index in [1.165, 1.54) is 30.3 Å². The molecule has 2 rings (SSSR count). The van der Waals surface area contributed by atoms with Gasteiger partial charge in [0.05, 0.1) is 4.90 Å². The molecule has 9 heteroatoms. The molecule has 0 aromatic heterocycles. The summed E-state index contributed by atoms with van der Waals surface area (Å²) in [6, 6.07) is 4.58. The Bertz CT molecular complexity index is 680. The monoisotopic (exact) mass is 312 g/mol. The van der Waals surface area contributed by atoms with E-state index in [4.69, 9.17) is 5.11 Å². The number of hydrogen-bond acceptors (Lipinski definition) is 5. The van der Waals surface area contributed by atoms with Crippen LogP contribution in [0.25, 0.3) is 6.08 Å². The minimum atomic E-state index is -3.86. The van der Waals surface area contributed by atoms with E-state index in [0.29, 0.717) is 5.56 Å². The molecule has 0 unspecified atom stereocenters. The number of benzene rings is 1. The van der Waals surface area contributed by atoms with Crippen LogP contribution in [-0.2, 0) is 24.4 Å². The summed E-state index contributed by atoms with van der Waals surface area (Å²) in [6.45, 7) is -0.0858. The molecule has 1 heterocycles. The smallest absolute Gasteiger partial charge is 0.328 e. The van der Waals surface area contributed by atoms with Crippen molar-refractivity contribution < 1.29 is 28.0 Å². The second-order valence-corrected chi connectivity index (χ2v) is 5.91. The number of carbonyl (C=O) groups is 2. The molecule has 3 N–H and O–H groups in total. The molecule has 0 radical (unpaired) electrons. The maximum absolute atomic E-state index is 12.1. The molecule has 0 aliphatic carbocycles. The summed E-state index contributed by atoms with van der Waals surface area (Å²) in [5.74, 6) is -1.65. The van der Waals surface area contributed by atoms with Crippen LogP contribution in [0.1, 0.15) is 5.56 Å². The minimum Gasteiger partial charge on any atom is -0.478 e. The number of carboxylic acids is 1. The number of hydroxylamine groups is 1. The fraction of sp³-hybridized carbons (Fsp3) is 0.167. The van der Waals surface area contributed by atoms with Crippen molar-refractivity contribution in [1.82, 2.24) is 10.2 Å². The van der Waals surface area contributed by atoms with Gasteiger partial charge < -0.3 is 5.11 Å². The number of carboxylic acid groups (broad SMARTS) is 1. The van der Waals surface area contributed by atoms with Crippen LogP contribution in [0, 0.1) is 0 Å². The summed E-state index contributed by atoms with van der Waals surface area (Å²) in [5, 5.41) is 8.50. The Labute approximate surface area is 120 Å². The predicted molar refractivity (Wildman–Crippen MR) is 71.3 cm³/mol. The number of aliphatic carboxylic acids is 1. The Morgan fingerprint density at radius 2 is 2.05 bits per heavy atom. The molecule has 1 saturated heterocycles. The van der Waals surface area contributed by atoms with Gasteiger partial charge >= 0.3 is 5.97 Å². The third-order valence-electron chi connectivity index (χ3n) is 2.65. The summed E-state index contributed by atoms with van der Waals surface area (Å²) in [7, 11) is -3.86. The average molecular weight is 312 g/mol. The van der Waals surface area contributed by atoms with Crippen LogP contribution in [0.5, 0.6) is 0 Å². The van der Waals surface area contributed by atoms with E-state index in [0.717, 1.165) is 6.08 Å². The third kappa shape index (κ3) is 3.88. The lowest BCUT2D eigenvalue weighted by Crippen LogP contribution is -2.41. The molecule has 1 aliphatic rings. The van der Waals surface area contributed by atoms with Gasteiger partial charge in [0.15, 0.2) is 0 Å². The van der Waals surface area contributed by atoms with Crippen molar-refractivity contribution in [3.63, 3.8) is 0 Å². The van der Waals surface area contributed by atoms with Crippen molar-refractivity contribution in [2.75, 3.05) is 6.61 Å². The van der Waals surface area contributed by atoms with Gasteiger partial charge in [-0.05, 0) is 23.8 Å². The first-order valence-corrected chi connectivity index (χ1v) is 7.32. The zero-order chi connectivity index (χ0) is 15.5. The van der Waals surface area contributed by atoms with Gasteiger partial charge in [0.2, 0.25) is 10.0 Å². The Morgan fingerprint density at radius 1 is 1.38 bits per heavy atom. The number of nitrogens with one attached hydrogen (secondary N) is 2. The van der Waals surface area contributed by atoms with Crippen LogP contribution in [0.2, 0.25) is 0 Å². The fourth-order valence-corrected chi connectivity index (χ4v) is 2.79. The lowest BCUT2D eigenvalue weighted by atomic mass is 10.2. The molecule has 21 heavy (non-hydrogen) atoms. The fourth-order valence-electron chi connectivity index (χ4n) is 1.61. The summed E-state index contributed by atoms with van der Waals surface area (Å²) < 4.78 is 26.3. The molecule has 1 atom stereocenters. The van der Waals surface area contributed by atoms with Gasteiger partial charge in [-0.25, -0.2) is 18.7 Å². The van der Waals surface area contributed by atoms with Gasteiger partial charge in [-0.3, -0.25) is 9.63 Å². The summed E-state index contributed by atoms with van der Waals surface area (Å²) in [5.41, 5.74) is 2.59. The van der Waals surface area contributed by atoms with Gasteiger partial charge in [0.1, 0.15) is 12.6 Å². The molecule has 112 valence electrons. The highest BCUT2D eigenvalue weighted by molar-refractivity contribution is 7.89. The summed E-state index contributed by atoms with van der Waals surface area (Å²) >= 11 is 0. The van der Waals surface area contributed by atoms with Crippen LogP contribution in [0.15, 0.2) is 35.2 Å². The summed E-state index contributed by atoms with van der Waals surface area (Å²) in [4.78, 5) is 26.2. The molecule has 1 aromatic carbocycles. The molecule has 1 aromatic rings. The maximum Gasteiger partial charge on any atom is 0.328 e. The van der Waals surface area contributed by atoms with Crippen molar-refractivity contribution in [3.8, 4) is 0 Å². The first kappa shape index (κ1) is 15.2. The molecule has 8 nitrogen and oxygen atoms in total. The molecular weight excluding hydrogens is 300 g/mol. The first-order chi connectivity index (χ1) is 9.88. The average Bonchev–Trinajstić information content (AvgIpc) is 2.82. The Morgan fingerprint density at radius 3 is 2.57 bits per heavy atom. The maximum atomic E-state index is 12.1. The van der Waals surface area contributed by atoms with Crippen molar-refractivity contribution in [2.45, 2.75) is 10.9 Å². The highest BCUT2D eigenvalue weighted by atomic mass is 32.2. The van der Waals surface area contributed by atoms with Crippen molar-refractivity contribution in [2.24, 2.45) is 0 Å². The van der Waals surface area contributed by atoms with Gasteiger partial charge in [0, 0.05) is 6.08 Å². The van der Waals surface area contributed by atoms with Gasteiger partial charge in [-0.15, -0.1) is 0 Å². The standard InChI is InChI=1S/C12H12N2O6S/c15-11(16)6-3-8-1-4-9(5-2-8)21(18,19)14-10-7-20-13-12(10)17/h1-6,10,14H,7H2,(H,13,17)(H,15,16)/t10-/m1/s1. The van der Waals surface area contributed by atoms with Crippen molar-refractivity contribution in [3.05, 3.63) is 35.9 Å². The van der Waals surface area contributed by atoms with Crippen LogP contribution < -0.4 is 10.2 Å². The number of sulfonamides is 1. The zero-order valence-electron chi connectivity index (χ0n) is 10.6. The van der Waals surface area contributed by atoms with Gasteiger partial charge in [0.25, 0.3) is 5.91 Å². The van der Waals surface area contributed by atoms with E-state index in [2.05, 4.69) is 9.56 Å². The highest BCUT2D eigenvalue weighted by Crippen LogP contribution is 2.13. The van der Waals surface area contributed by atoms with E-state index >= 15 is 0 Å². The Hall–Kier alpha value is -2.23. The molecular formula is C12H12N2O6S. The minimum absolute atomic E-state index is 0.0327. The van der Waals surface area contributed by atoms with E-state index < -0.39 is 27.9 Å². The molecule has 0 spiro atoms. The second-order valence-electron chi connectivity index (χ2n) is 4.19. The first-order valence-electron chi connectivity index (χ1n) is 5.83. The number of rotatable bonds is 5. The van der Waals surface area contributed by atoms with E-state index in [-0.39, 0.29) is 11.5 Å². The van der Waals surface area contributed by atoms with Crippen LogP contribution >= 0.6 is 0 Å². The van der Waals surface area contributed by atoms with E-state index in [1.807, 2.05) is 5.48 Å². The quantitative estimate of drug-likeness (QED) is 0.630. The SMILES string of the molecule is O=C(O)C=Cc1ccc(S(=O)(=O)N[C@@H]2CONC2=O)cc1. The Balaban J connectivity index is 2.13. The van der Waals surface area contributed by atoms with Gasteiger partial charge in [-0.1, -0.05) is 12.1 Å². The molecule has 1 aliphatic heterocycles. The van der Waals surface area contributed by atoms with Gasteiger partial charge in [-0.2, -0.15) is 4.72 Å². The normalized spacial score (nSPS) is 18.9. The second kappa shape index (κ2) is 6.04. The molecule has 0 bridgehead atoms. The van der Waals surface area contributed by atoms with Crippen molar-refractivity contribution >= 4 is 28.0 Å². The van der Waals surface area contributed by atoms with Crippen LogP contribution in [0.3, 0.4) is 0 Å². The van der Waals surface area contributed by atoms with Crippen LogP contribution in [-0.4, -0.2) is 38.0 Å². The predicted octanol–water partition coefficient (Wildman–Crippen LogP) is -0.507. The third-order valence-corrected chi connectivity index (χ3v) is 4.13. The molecule has 1 fully saturated rings. The number of amides is 1. The molecule has 1 amide bonds. The van der Waals surface area contributed by atoms with Crippen LogP contribution in [0.4, 0.5) is 0 Å². The lowest BCUT2D eigenvalue weighted by molar-refractivity contribution is -0.131. The zero-order valence-corrected chi connectivity index (χ0v) is 11.5. The largest absolute Gasteiger partial charge is 0.478 e. The van der Waals surface area contributed by atoms with E-state index in [1.54, 1.807) is 0 Å².